The Morgan fingerprint density at radius 3 is 2.81 bits per heavy atom. The molecular weight excluding hydrogens is 399 g/mol. The van der Waals surface area contributed by atoms with Crippen molar-refractivity contribution in [2.45, 2.75) is 25.7 Å². The number of hydrogen-bond acceptors (Lipinski definition) is 5. The lowest BCUT2D eigenvalue weighted by Gasteiger charge is -2.31. The average Bonchev–Trinajstić information content (AvgIpc) is 3.40. The third-order valence-electron chi connectivity index (χ3n) is 5.63. The third kappa shape index (κ3) is 3.74. The van der Waals surface area contributed by atoms with Gasteiger partial charge in [0.25, 0.3) is 0 Å². The van der Waals surface area contributed by atoms with Crippen LogP contribution in [0.4, 0.5) is 15.0 Å². The van der Waals surface area contributed by atoms with Gasteiger partial charge in [0.1, 0.15) is 11.6 Å². The van der Waals surface area contributed by atoms with Crippen LogP contribution in [-0.2, 0) is 0 Å². The first kappa shape index (κ1) is 19.2. The number of nitrogens with zero attached hydrogens (tertiary/aromatic N) is 5. The van der Waals surface area contributed by atoms with Gasteiger partial charge in [-0.3, -0.25) is 5.32 Å². The Kier molecular flexibility index (Phi) is 4.85. The fourth-order valence-corrected chi connectivity index (χ4v) is 3.99. The van der Waals surface area contributed by atoms with Crippen molar-refractivity contribution in [2.24, 2.45) is 0 Å². The monoisotopic (exact) mass is 420 g/mol. The van der Waals surface area contributed by atoms with Gasteiger partial charge in [-0.1, -0.05) is 5.16 Å². The number of pyridine rings is 1. The quantitative estimate of drug-likeness (QED) is 0.535. The summed E-state index contributed by atoms with van der Waals surface area (Å²) < 4.78 is 20.3. The van der Waals surface area contributed by atoms with Crippen molar-refractivity contribution in [3.8, 4) is 5.82 Å². The van der Waals surface area contributed by atoms with Gasteiger partial charge in [0.15, 0.2) is 11.4 Å². The van der Waals surface area contributed by atoms with Crippen molar-refractivity contribution in [2.75, 3.05) is 18.4 Å². The molecule has 158 valence electrons. The van der Waals surface area contributed by atoms with Crippen LogP contribution < -0.4 is 5.32 Å². The lowest BCUT2D eigenvalue weighted by Crippen LogP contribution is -2.41. The van der Waals surface area contributed by atoms with Crippen LogP contribution >= 0.6 is 0 Å². The van der Waals surface area contributed by atoms with E-state index >= 15 is 0 Å². The first-order chi connectivity index (χ1) is 15.1. The zero-order chi connectivity index (χ0) is 21.4. The molecule has 9 heteroatoms. The zero-order valence-electron chi connectivity index (χ0n) is 17.0. The molecule has 1 aliphatic rings. The van der Waals surface area contributed by atoms with E-state index in [1.165, 1.54) is 12.1 Å². The number of anilines is 1. The second-order valence-corrected chi connectivity index (χ2v) is 7.72. The third-order valence-corrected chi connectivity index (χ3v) is 5.63. The van der Waals surface area contributed by atoms with Gasteiger partial charge in [-0.25, -0.2) is 14.2 Å². The normalized spacial score (nSPS) is 14.8. The maximum atomic E-state index is 13.4. The van der Waals surface area contributed by atoms with Gasteiger partial charge >= 0.3 is 6.03 Å². The van der Waals surface area contributed by atoms with Gasteiger partial charge in [-0.2, -0.15) is 9.78 Å². The van der Waals surface area contributed by atoms with E-state index in [0.29, 0.717) is 30.3 Å². The summed E-state index contributed by atoms with van der Waals surface area (Å²) in [6.07, 6.45) is 4.85. The highest BCUT2D eigenvalue weighted by Crippen LogP contribution is 2.33. The lowest BCUT2D eigenvalue weighted by molar-refractivity contribution is 0.193. The van der Waals surface area contributed by atoms with Crippen molar-refractivity contribution in [1.82, 2.24) is 24.8 Å². The van der Waals surface area contributed by atoms with Crippen LogP contribution in [0.15, 0.2) is 53.3 Å². The van der Waals surface area contributed by atoms with Crippen LogP contribution in [0.1, 0.15) is 30.0 Å². The Hall–Kier alpha value is -3.75. The summed E-state index contributed by atoms with van der Waals surface area (Å²) in [6.45, 7) is 3.15. The first-order valence-corrected chi connectivity index (χ1v) is 10.2. The fourth-order valence-electron chi connectivity index (χ4n) is 3.99. The number of carbonyl (C=O) groups is 1. The number of likely N-dealkylation sites (tertiary alicyclic amines) is 1. The molecule has 8 nitrogen and oxygen atoms in total. The van der Waals surface area contributed by atoms with Gasteiger partial charge in [0, 0.05) is 42.7 Å². The van der Waals surface area contributed by atoms with E-state index in [1.807, 2.05) is 19.1 Å². The number of hydrogen-bond donors (Lipinski definition) is 1. The van der Waals surface area contributed by atoms with E-state index in [2.05, 4.69) is 20.6 Å². The number of aryl methyl sites for hydroxylation is 1. The van der Waals surface area contributed by atoms with Crippen LogP contribution in [0.25, 0.3) is 16.8 Å². The molecule has 0 radical (unpaired) electrons. The highest BCUT2D eigenvalue weighted by Gasteiger charge is 2.27. The molecule has 0 atom stereocenters. The number of rotatable bonds is 3. The molecule has 4 aromatic rings. The van der Waals surface area contributed by atoms with Crippen molar-refractivity contribution >= 4 is 22.8 Å². The highest BCUT2D eigenvalue weighted by molar-refractivity contribution is 5.88. The number of halogens is 1. The van der Waals surface area contributed by atoms with E-state index in [4.69, 9.17) is 4.52 Å². The maximum absolute atomic E-state index is 13.4. The van der Waals surface area contributed by atoms with E-state index in [9.17, 15) is 9.18 Å². The van der Waals surface area contributed by atoms with E-state index in [1.54, 1.807) is 34.1 Å². The molecule has 5 rings (SSSR count). The number of carbonyl (C=O) groups excluding carboxylic acids is 1. The topological polar surface area (TPSA) is 89.1 Å². The minimum atomic E-state index is -0.346. The van der Waals surface area contributed by atoms with Crippen LogP contribution in [0.5, 0.6) is 0 Å². The molecule has 4 heterocycles. The lowest BCUT2D eigenvalue weighted by atomic mass is 9.92. The smallest absolute Gasteiger partial charge is 0.323 e. The van der Waals surface area contributed by atoms with Gasteiger partial charge in [0.2, 0.25) is 0 Å². The van der Waals surface area contributed by atoms with Crippen molar-refractivity contribution in [1.29, 1.82) is 0 Å². The largest absolute Gasteiger partial charge is 0.356 e. The van der Waals surface area contributed by atoms with E-state index in [0.717, 1.165) is 29.5 Å². The molecule has 0 aliphatic carbocycles. The van der Waals surface area contributed by atoms with Crippen LogP contribution in [0.2, 0.25) is 0 Å². The number of fused-ring (bicyclic) bond motifs is 1. The molecule has 0 saturated carbocycles. The molecule has 1 fully saturated rings. The maximum Gasteiger partial charge on any atom is 0.323 e. The Bertz CT molecular complexity index is 1240. The summed E-state index contributed by atoms with van der Waals surface area (Å²) in [7, 11) is 0. The second-order valence-electron chi connectivity index (χ2n) is 7.72. The van der Waals surface area contributed by atoms with E-state index in [-0.39, 0.29) is 17.8 Å². The van der Waals surface area contributed by atoms with Crippen molar-refractivity contribution < 1.29 is 13.7 Å². The molecule has 1 aromatic carbocycles. The summed E-state index contributed by atoms with van der Waals surface area (Å²) >= 11 is 0. The van der Waals surface area contributed by atoms with Crippen molar-refractivity contribution in [3.05, 3.63) is 65.9 Å². The fraction of sp³-hybridized carbons (Fsp3) is 0.273. The predicted molar refractivity (Wildman–Crippen MR) is 113 cm³/mol. The SMILES string of the molecule is Cc1ccnc(-n2nccc2NC(=O)N2CCC(c3noc4cc(F)ccc34)CC2)c1. The summed E-state index contributed by atoms with van der Waals surface area (Å²) in [6, 6.07) is 9.84. The van der Waals surface area contributed by atoms with Crippen LogP contribution in [-0.4, -0.2) is 43.9 Å². The summed E-state index contributed by atoms with van der Waals surface area (Å²) in [5.41, 5.74) is 2.34. The molecule has 1 saturated heterocycles. The number of urea groups is 1. The summed E-state index contributed by atoms with van der Waals surface area (Å²) in [5.74, 6) is 1.03. The Labute approximate surface area is 177 Å². The summed E-state index contributed by atoms with van der Waals surface area (Å²) in [4.78, 5) is 18.9. The molecule has 31 heavy (non-hydrogen) atoms. The molecule has 0 bridgehead atoms. The molecule has 1 N–H and O–H groups in total. The van der Waals surface area contributed by atoms with Crippen LogP contribution in [0, 0.1) is 12.7 Å². The average molecular weight is 420 g/mol. The van der Waals surface area contributed by atoms with Gasteiger partial charge in [-0.05, 0) is 49.6 Å². The number of amides is 2. The van der Waals surface area contributed by atoms with Crippen LogP contribution in [0.3, 0.4) is 0 Å². The first-order valence-electron chi connectivity index (χ1n) is 10.2. The summed E-state index contributed by atoms with van der Waals surface area (Å²) in [5, 5.41) is 12.2. The van der Waals surface area contributed by atoms with Crippen molar-refractivity contribution in [3.63, 3.8) is 0 Å². The molecule has 2 amide bonds. The van der Waals surface area contributed by atoms with Gasteiger partial charge in [-0.15, -0.1) is 0 Å². The minimum absolute atomic E-state index is 0.165. The van der Waals surface area contributed by atoms with Gasteiger partial charge < -0.3 is 9.42 Å². The standard InChI is InChI=1S/C22H21FN6O2/c1-14-4-8-24-20(12-14)29-19(5-9-25-29)26-22(30)28-10-6-15(7-11-28)21-17-3-2-16(23)13-18(17)31-27-21/h2-5,8-9,12-13,15H,6-7,10-11H2,1H3,(H,26,30). The Balaban J connectivity index is 1.25. The number of aromatic nitrogens is 4. The molecule has 1 aliphatic heterocycles. The number of nitrogens with one attached hydrogen (secondary N) is 1. The molecular formula is C22H21FN6O2. The Morgan fingerprint density at radius 2 is 2.00 bits per heavy atom. The zero-order valence-corrected chi connectivity index (χ0v) is 17.0. The van der Waals surface area contributed by atoms with Gasteiger partial charge in [0.05, 0.1) is 11.9 Å². The second kappa shape index (κ2) is 7.82. The Morgan fingerprint density at radius 1 is 1.16 bits per heavy atom. The number of piperidine rings is 1. The minimum Gasteiger partial charge on any atom is -0.356 e. The predicted octanol–water partition coefficient (Wildman–Crippen LogP) is 4.27. The molecule has 0 spiro atoms. The van der Waals surface area contributed by atoms with E-state index < -0.39 is 0 Å². The number of benzene rings is 1. The molecule has 0 unspecified atom stereocenters. The highest BCUT2D eigenvalue weighted by atomic mass is 19.1. The molecule has 3 aromatic heterocycles.